The van der Waals surface area contributed by atoms with Crippen LogP contribution in [-0.4, -0.2) is 112 Å². The predicted molar refractivity (Wildman–Crippen MR) is 148 cm³/mol. The number of aliphatic carboxylic acids is 1. The summed E-state index contributed by atoms with van der Waals surface area (Å²) in [4.78, 5) is 23.5. The average molecular weight is 611 g/mol. The molecular weight excluding hydrogens is 572 g/mol. The van der Waals surface area contributed by atoms with Gasteiger partial charge in [-0.25, -0.2) is 0 Å². The third-order valence-electron chi connectivity index (χ3n) is 6.87. The maximum atomic E-state index is 12.2. The Hall–Kier alpha value is -3.66. The highest BCUT2D eigenvalue weighted by Gasteiger charge is 2.45. The number of aromatic hydroxyl groups is 1. The van der Waals surface area contributed by atoms with Gasteiger partial charge in [0.2, 0.25) is 6.29 Å². The lowest BCUT2D eigenvalue weighted by molar-refractivity contribution is -0.277. The van der Waals surface area contributed by atoms with E-state index in [2.05, 4.69) is 0 Å². The zero-order valence-corrected chi connectivity index (χ0v) is 23.8. The minimum Gasteiger partial charge on any atom is -0.504 e. The van der Waals surface area contributed by atoms with Crippen molar-refractivity contribution in [3.8, 4) is 34.1 Å². The van der Waals surface area contributed by atoms with Gasteiger partial charge in [0.15, 0.2) is 23.0 Å². The predicted octanol–water partition coefficient (Wildman–Crippen LogP) is 0.130. The number of hydrogen-bond donors (Lipinski definition) is 7. The highest BCUT2D eigenvalue weighted by atomic mass is 16.7. The summed E-state index contributed by atoms with van der Waals surface area (Å²) in [7, 11) is 2.65. The van der Waals surface area contributed by atoms with E-state index in [1.54, 1.807) is 12.1 Å². The van der Waals surface area contributed by atoms with E-state index in [-0.39, 0.29) is 73.0 Å². The number of carbonyl (C=O) groups is 2. The number of carboxylic acid groups (broad SMARTS) is 1. The molecule has 14 heteroatoms. The van der Waals surface area contributed by atoms with Crippen LogP contribution < -0.4 is 14.2 Å². The van der Waals surface area contributed by atoms with Gasteiger partial charge < -0.3 is 59.4 Å². The summed E-state index contributed by atoms with van der Waals surface area (Å²) in [5, 5.41) is 70.0. The van der Waals surface area contributed by atoms with Crippen molar-refractivity contribution in [3.63, 3.8) is 0 Å². The van der Waals surface area contributed by atoms with Crippen molar-refractivity contribution >= 4 is 11.9 Å². The van der Waals surface area contributed by atoms with Gasteiger partial charge in [-0.3, -0.25) is 9.59 Å². The summed E-state index contributed by atoms with van der Waals surface area (Å²) in [5.41, 5.74) is 1.35. The molecule has 43 heavy (non-hydrogen) atoms. The number of ether oxygens (including phenoxy) is 5. The second-order valence-corrected chi connectivity index (χ2v) is 9.88. The molecule has 2 aromatic carbocycles. The molecule has 0 aliphatic carbocycles. The fourth-order valence-corrected chi connectivity index (χ4v) is 4.55. The van der Waals surface area contributed by atoms with E-state index in [0.717, 1.165) is 0 Å². The van der Waals surface area contributed by atoms with Crippen molar-refractivity contribution in [3.05, 3.63) is 35.4 Å². The van der Waals surface area contributed by atoms with Crippen LogP contribution in [0.4, 0.5) is 0 Å². The van der Waals surface area contributed by atoms with Gasteiger partial charge in [-0.15, -0.1) is 0 Å². The minimum atomic E-state index is -1.76. The molecule has 1 saturated heterocycles. The smallest absolute Gasteiger partial charge is 0.306 e. The molecule has 1 heterocycles. The zero-order chi connectivity index (χ0) is 31.7. The van der Waals surface area contributed by atoms with E-state index in [1.165, 1.54) is 26.4 Å². The first kappa shape index (κ1) is 33.8. The van der Waals surface area contributed by atoms with Crippen LogP contribution in [0.15, 0.2) is 24.3 Å². The number of rotatable bonds is 15. The van der Waals surface area contributed by atoms with Crippen LogP contribution in [0.3, 0.4) is 0 Å². The Morgan fingerprint density at radius 1 is 0.860 bits per heavy atom. The van der Waals surface area contributed by atoms with Gasteiger partial charge in [-0.05, 0) is 48.2 Å². The van der Waals surface area contributed by atoms with Crippen molar-refractivity contribution in [2.24, 2.45) is 0 Å². The fourth-order valence-electron chi connectivity index (χ4n) is 4.55. The van der Waals surface area contributed by atoms with Gasteiger partial charge in [-0.1, -0.05) is 0 Å². The van der Waals surface area contributed by atoms with Crippen LogP contribution in [0, 0.1) is 0 Å². The summed E-state index contributed by atoms with van der Waals surface area (Å²) >= 11 is 0. The van der Waals surface area contributed by atoms with Crippen LogP contribution in [0.1, 0.15) is 30.4 Å². The first-order valence-electron chi connectivity index (χ1n) is 13.6. The molecule has 0 aromatic heterocycles. The molecule has 0 amide bonds. The topological polar surface area (TPSA) is 222 Å². The van der Waals surface area contributed by atoms with E-state index < -0.39 is 49.3 Å². The van der Waals surface area contributed by atoms with Gasteiger partial charge in [0.05, 0.1) is 27.4 Å². The molecule has 238 valence electrons. The first-order chi connectivity index (χ1) is 20.5. The summed E-state index contributed by atoms with van der Waals surface area (Å²) in [6.45, 7) is -0.749. The van der Waals surface area contributed by atoms with Crippen LogP contribution in [0.25, 0.3) is 11.1 Å². The second-order valence-electron chi connectivity index (χ2n) is 9.88. The van der Waals surface area contributed by atoms with E-state index in [4.69, 9.17) is 28.8 Å². The van der Waals surface area contributed by atoms with Gasteiger partial charge in [0.25, 0.3) is 0 Å². The maximum absolute atomic E-state index is 12.2. The third-order valence-corrected chi connectivity index (χ3v) is 6.87. The lowest BCUT2D eigenvalue weighted by atomic mass is 9.95. The molecule has 14 nitrogen and oxygen atoms in total. The minimum absolute atomic E-state index is 0.0328. The third kappa shape index (κ3) is 8.46. The highest BCUT2D eigenvalue weighted by molar-refractivity contribution is 5.82. The summed E-state index contributed by atoms with van der Waals surface area (Å²) < 4.78 is 27.5. The molecule has 5 unspecified atom stereocenters. The number of phenolic OH excluding ortho intramolecular Hbond substituents is 1. The van der Waals surface area contributed by atoms with Gasteiger partial charge >= 0.3 is 11.9 Å². The quantitative estimate of drug-likeness (QED) is 0.105. The zero-order valence-electron chi connectivity index (χ0n) is 23.8. The largest absolute Gasteiger partial charge is 0.504 e. The Kier molecular flexibility index (Phi) is 12.4. The van der Waals surface area contributed by atoms with Gasteiger partial charge in [-0.2, -0.15) is 0 Å². The Labute approximate surface area is 247 Å². The highest BCUT2D eigenvalue weighted by Crippen LogP contribution is 2.47. The molecule has 0 bridgehead atoms. The summed E-state index contributed by atoms with van der Waals surface area (Å²) in [6.07, 6.45) is -7.65. The van der Waals surface area contributed by atoms with E-state index >= 15 is 0 Å². The molecule has 1 fully saturated rings. The van der Waals surface area contributed by atoms with Crippen molar-refractivity contribution < 1.29 is 69.0 Å². The Bertz CT molecular complexity index is 1250. The number of carbonyl (C=O) groups excluding carboxylic acids is 1. The van der Waals surface area contributed by atoms with Crippen LogP contribution in [0.5, 0.6) is 23.0 Å². The number of aryl methyl sites for hydroxylation is 2. The number of esters is 1. The van der Waals surface area contributed by atoms with Crippen molar-refractivity contribution in [2.75, 3.05) is 34.0 Å². The second kappa shape index (κ2) is 15.7. The normalized spacial score (nSPS) is 21.7. The Morgan fingerprint density at radius 3 is 2.09 bits per heavy atom. The number of aliphatic hydroxyl groups excluding tert-OH is 5. The Morgan fingerprint density at radius 2 is 1.49 bits per heavy atom. The number of phenols is 1. The fraction of sp³-hybridized carbons (Fsp3) is 0.517. The standard InChI is InChI=1S/C29H38O14/c1-39-19-12-15(4-6-22(32)33)10-17(24(19)35)18-11-16(5-7-23(34)41-9-3-8-30)13-20(40-2)28(18)43-29-27(38)26(37)25(36)21(14-31)42-29/h10-13,21,25-27,29-31,35-38H,3-9,14H2,1-2H3,(H,32,33). The van der Waals surface area contributed by atoms with E-state index in [1.807, 2.05) is 0 Å². The monoisotopic (exact) mass is 610 g/mol. The molecule has 0 saturated carbocycles. The number of aliphatic hydroxyl groups is 5. The van der Waals surface area contributed by atoms with Crippen LogP contribution in [0.2, 0.25) is 0 Å². The molecule has 3 rings (SSSR count). The molecular formula is C29H38O14. The maximum Gasteiger partial charge on any atom is 0.306 e. The molecule has 2 aromatic rings. The first-order valence-corrected chi connectivity index (χ1v) is 13.6. The average Bonchev–Trinajstić information content (AvgIpc) is 2.99. The molecule has 1 aliphatic heterocycles. The number of carboxylic acids is 1. The molecule has 5 atom stereocenters. The van der Waals surface area contributed by atoms with Crippen LogP contribution >= 0.6 is 0 Å². The SMILES string of the molecule is COc1cc(CCC(=O)O)cc(-c2cc(CCC(=O)OCCCO)cc(OC)c2OC2OC(CO)C(O)C(O)C2O)c1O. The lowest BCUT2D eigenvalue weighted by Crippen LogP contribution is -2.60. The molecule has 7 N–H and O–H groups in total. The Balaban J connectivity index is 2.12. The number of benzene rings is 2. The molecule has 0 spiro atoms. The van der Waals surface area contributed by atoms with Gasteiger partial charge in [0, 0.05) is 37.0 Å². The lowest BCUT2D eigenvalue weighted by Gasteiger charge is -2.40. The van der Waals surface area contributed by atoms with Crippen molar-refractivity contribution in [2.45, 2.75) is 62.8 Å². The number of hydrogen-bond acceptors (Lipinski definition) is 13. The molecule has 1 aliphatic rings. The van der Waals surface area contributed by atoms with Gasteiger partial charge in [0.1, 0.15) is 24.4 Å². The van der Waals surface area contributed by atoms with Crippen LogP contribution in [-0.2, 0) is 31.9 Å². The molecule has 0 radical (unpaired) electrons. The van der Waals surface area contributed by atoms with E-state index in [0.29, 0.717) is 17.5 Å². The van der Waals surface area contributed by atoms with E-state index in [9.17, 15) is 40.2 Å². The summed E-state index contributed by atoms with van der Waals surface area (Å²) in [6, 6.07) is 6.15. The van der Waals surface area contributed by atoms with Crippen molar-refractivity contribution in [1.29, 1.82) is 0 Å². The number of methoxy groups -OCH3 is 2. The summed E-state index contributed by atoms with van der Waals surface area (Å²) in [5.74, 6) is -1.83. The van der Waals surface area contributed by atoms with Crippen molar-refractivity contribution in [1.82, 2.24) is 0 Å².